The number of benzene rings is 3. The van der Waals surface area contributed by atoms with Crippen molar-refractivity contribution >= 4 is 49.5 Å². The van der Waals surface area contributed by atoms with Gasteiger partial charge in [0.25, 0.3) is 0 Å². The summed E-state index contributed by atoms with van der Waals surface area (Å²) < 4.78 is 38.5. The highest BCUT2D eigenvalue weighted by Crippen LogP contribution is 2.32. The Balaban J connectivity index is 1.46. The summed E-state index contributed by atoms with van der Waals surface area (Å²) >= 11 is 6.16. The third kappa shape index (κ3) is 3.59. The number of rotatable bonds is 4. The molecule has 0 spiro atoms. The normalized spacial score (nSPS) is 15.0. The lowest BCUT2D eigenvalue weighted by Gasteiger charge is -2.17. The van der Waals surface area contributed by atoms with Crippen molar-refractivity contribution in [1.29, 1.82) is 0 Å². The van der Waals surface area contributed by atoms with Gasteiger partial charge in [-0.2, -0.15) is 4.31 Å². The zero-order valence-corrected chi connectivity index (χ0v) is 17.9. The van der Waals surface area contributed by atoms with Crippen molar-refractivity contribution in [2.45, 2.75) is 17.7 Å². The Hall–Kier alpha value is -2.87. The van der Waals surface area contributed by atoms with E-state index in [1.807, 2.05) is 24.3 Å². The van der Waals surface area contributed by atoms with E-state index >= 15 is 0 Å². The van der Waals surface area contributed by atoms with E-state index in [1.165, 1.54) is 22.5 Å². The monoisotopic (exact) mass is 455 g/mol. The second kappa shape index (κ2) is 7.67. The number of para-hydroxylation sites is 1. The SMILES string of the molecule is O=C(Oc1ccc2oc3ccccc3c2c1)c1ccc(Cl)c(S(=O)(=O)N2CCCC2)c1. The molecule has 4 aromatic rings. The number of hydrogen-bond donors (Lipinski definition) is 0. The molecular formula is C23H18ClNO5S. The number of furan rings is 1. The Bertz CT molecular complexity index is 1420. The zero-order valence-electron chi connectivity index (χ0n) is 16.4. The molecule has 5 rings (SSSR count). The van der Waals surface area contributed by atoms with E-state index in [0.717, 1.165) is 29.2 Å². The van der Waals surface area contributed by atoms with Crippen LogP contribution in [0.25, 0.3) is 21.9 Å². The van der Waals surface area contributed by atoms with Gasteiger partial charge >= 0.3 is 5.97 Å². The molecule has 1 saturated heterocycles. The number of fused-ring (bicyclic) bond motifs is 3. The molecule has 1 aromatic heterocycles. The van der Waals surface area contributed by atoms with Gasteiger partial charge in [0.1, 0.15) is 21.8 Å². The highest BCUT2D eigenvalue weighted by atomic mass is 35.5. The summed E-state index contributed by atoms with van der Waals surface area (Å²) in [5.41, 5.74) is 1.54. The first-order valence-electron chi connectivity index (χ1n) is 9.87. The molecule has 3 aromatic carbocycles. The number of nitrogens with zero attached hydrogens (tertiary/aromatic N) is 1. The maximum absolute atomic E-state index is 12.9. The minimum absolute atomic E-state index is 0.0785. The van der Waals surface area contributed by atoms with Crippen LogP contribution in [0.1, 0.15) is 23.2 Å². The van der Waals surface area contributed by atoms with Gasteiger partial charge in [-0.3, -0.25) is 0 Å². The largest absolute Gasteiger partial charge is 0.456 e. The first-order valence-corrected chi connectivity index (χ1v) is 11.7. The van der Waals surface area contributed by atoms with Crippen LogP contribution >= 0.6 is 11.6 Å². The van der Waals surface area contributed by atoms with E-state index < -0.39 is 16.0 Å². The summed E-state index contributed by atoms with van der Waals surface area (Å²) in [7, 11) is -3.76. The molecule has 8 heteroatoms. The molecule has 0 atom stereocenters. The lowest BCUT2D eigenvalue weighted by atomic mass is 10.1. The van der Waals surface area contributed by atoms with Crippen LogP contribution in [-0.4, -0.2) is 31.8 Å². The van der Waals surface area contributed by atoms with Crippen LogP contribution in [0.5, 0.6) is 5.75 Å². The molecule has 0 bridgehead atoms. The quantitative estimate of drug-likeness (QED) is 0.310. The van der Waals surface area contributed by atoms with Gasteiger partial charge in [0.05, 0.1) is 10.6 Å². The second-order valence-corrected chi connectivity index (χ2v) is 9.72. The molecule has 0 N–H and O–H groups in total. The summed E-state index contributed by atoms with van der Waals surface area (Å²) in [6.07, 6.45) is 1.62. The maximum Gasteiger partial charge on any atom is 0.343 e. The van der Waals surface area contributed by atoms with Crippen LogP contribution in [0.3, 0.4) is 0 Å². The third-order valence-electron chi connectivity index (χ3n) is 5.41. The molecule has 31 heavy (non-hydrogen) atoms. The van der Waals surface area contributed by atoms with Crippen LogP contribution < -0.4 is 4.74 Å². The van der Waals surface area contributed by atoms with Crippen LogP contribution in [0, 0.1) is 0 Å². The Morgan fingerprint density at radius 3 is 2.48 bits per heavy atom. The Morgan fingerprint density at radius 2 is 1.68 bits per heavy atom. The Kier molecular flexibility index (Phi) is 4.97. The number of sulfonamides is 1. The Labute approximate surface area is 184 Å². The number of hydrogen-bond acceptors (Lipinski definition) is 5. The molecule has 0 aliphatic carbocycles. The van der Waals surface area contributed by atoms with Crippen LogP contribution in [0.2, 0.25) is 5.02 Å². The molecule has 6 nitrogen and oxygen atoms in total. The first-order chi connectivity index (χ1) is 14.9. The van der Waals surface area contributed by atoms with Crippen molar-refractivity contribution < 1.29 is 22.4 Å². The van der Waals surface area contributed by atoms with Gasteiger partial charge in [0.2, 0.25) is 10.0 Å². The summed E-state index contributed by atoms with van der Waals surface area (Å²) in [6.45, 7) is 0.901. The molecular weight excluding hydrogens is 438 g/mol. The van der Waals surface area contributed by atoms with Crippen LogP contribution in [-0.2, 0) is 10.0 Å². The van der Waals surface area contributed by atoms with Crippen LogP contribution in [0.15, 0.2) is 70.0 Å². The predicted octanol–water partition coefficient (Wildman–Crippen LogP) is 5.24. The van der Waals surface area contributed by atoms with Crippen molar-refractivity contribution in [2.75, 3.05) is 13.1 Å². The fourth-order valence-corrected chi connectivity index (χ4v) is 5.85. The van der Waals surface area contributed by atoms with E-state index in [4.69, 9.17) is 20.8 Å². The lowest BCUT2D eigenvalue weighted by molar-refractivity contribution is 0.0734. The van der Waals surface area contributed by atoms with E-state index in [0.29, 0.717) is 24.4 Å². The standard InChI is InChI=1S/C23H18ClNO5S/c24-19-9-7-15(13-22(19)31(27,28)25-11-3-4-12-25)23(26)29-16-8-10-21-18(14-16)17-5-1-2-6-20(17)30-21/h1-2,5-10,13-14H,3-4,11-12H2. The van der Waals surface area contributed by atoms with Crippen LogP contribution in [0.4, 0.5) is 0 Å². The van der Waals surface area contributed by atoms with Crippen molar-refractivity contribution in [3.05, 3.63) is 71.2 Å². The molecule has 2 heterocycles. The average molecular weight is 456 g/mol. The Morgan fingerprint density at radius 1 is 0.935 bits per heavy atom. The summed E-state index contributed by atoms with van der Waals surface area (Å²) in [5, 5.41) is 1.82. The van der Waals surface area contributed by atoms with Gasteiger partial charge in [-0.15, -0.1) is 0 Å². The van der Waals surface area contributed by atoms with E-state index in [-0.39, 0.29) is 15.5 Å². The first kappa shape index (κ1) is 20.1. The molecule has 0 saturated carbocycles. The molecule has 158 valence electrons. The van der Waals surface area contributed by atoms with Gasteiger partial charge in [-0.05, 0) is 55.3 Å². The summed E-state index contributed by atoms with van der Waals surface area (Å²) in [5.74, 6) is -0.329. The maximum atomic E-state index is 12.9. The second-order valence-electron chi connectivity index (χ2n) is 7.40. The van der Waals surface area contributed by atoms with Gasteiger partial charge in [-0.1, -0.05) is 29.8 Å². The number of carbonyl (C=O) groups is 1. The number of halogens is 1. The average Bonchev–Trinajstić information content (AvgIpc) is 3.42. The zero-order chi connectivity index (χ0) is 21.6. The predicted molar refractivity (Wildman–Crippen MR) is 118 cm³/mol. The fourth-order valence-electron chi connectivity index (χ4n) is 3.83. The van der Waals surface area contributed by atoms with Gasteiger partial charge in [0, 0.05) is 23.9 Å². The molecule has 0 unspecified atom stereocenters. The molecule has 1 aliphatic rings. The van der Waals surface area contributed by atoms with E-state index in [9.17, 15) is 13.2 Å². The number of ether oxygens (including phenoxy) is 1. The number of esters is 1. The topological polar surface area (TPSA) is 76.8 Å². The fraction of sp³-hybridized carbons (Fsp3) is 0.174. The molecule has 1 fully saturated rings. The summed E-state index contributed by atoms with van der Waals surface area (Å²) in [4.78, 5) is 12.7. The van der Waals surface area contributed by atoms with E-state index in [1.54, 1.807) is 18.2 Å². The highest BCUT2D eigenvalue weighted by molar-refractivity contribution is 7.89. The number of carbonyl (C=O) groups excluding carboxylic acids is 1. The molecule has 0 amide bonds. The van der Waals surface area contributed by atoms with E-state index in [2.05, 4.69) is 0 Å². The van der Waals surface area contributed by atoms with Crippen molar-refractivity contribution in [1.82, 2.24) is 4.31 Å². The summed E-state index contributed by atoms with van der Waals surface area (Å²) in [6, 6.07) is 16.9. The van der Waals surface area contributed by atoms with Crippen molar-refractivity contribution in [2.24, 2.45) is 0 Å². The molecule has 0 radical (unpaired) electrons. The van der Waals surface area contributed by atoms with Crippen molar-refractivity contribution in [3.8, 4) is 5.75 Å². The van der Waals surface area contributed by atoms with Gasteiger partial charge < -0.3 is 9.15 Å². The lowest BCUT2D eigenvalue weighted by Crippen LogP contribution is -2.28. The smallest absolute Gasteiger partial charge is 0.343 e. The van der Waals surface area contributed by atoms with Gasteiger partial charge in [-0.25, -0.2) is 13.2 Å². The highest BCUT2D eigenvalue weighted by Gasteiger charge is 2.30. The molecule has 1 aliphatic heterocycles. The third-order valence-corrected chi connectivity index (χ3v) is 7.79. The minimum atomic E-state index is -3.76. The van der Waals surface area contributed by atoms with Crippen molar-refractivity contribution in [3.63, 3.8) is 0 Å². The van der Waals surface area contributed by atoms with Gasteiger partial charge in [0.15, 0.2) is 0 Å². The minimum Gasteiger partial charge on any atom is -0.456 e.